The highest BCUT2D eigenvalue weighted by Crippen LogP contribution is 2.29. The number of hydrogen-bond acceptors (Lipinski definition) is 5. The summed E-state index contributed by atoms with van der Waals surface area (Å²) >= 11 is 0. The van der Waals surface area contributed by atoms with Crippen LogP contribution in [0, 0.1) is 0 Å². The molecule has 33 heavy (non-hydrogen) atoms. The summed E-state index contributed by atoms with van der Waals surface area (Å²) in [6, 6.07) is 24.1. The lowest BCUT2D eigenvalue weighted by Crippen LogP contribution is -2.00. The number of aromatic nitrogens is 4. The van der Waals surface area contributed by atoms with Gasteiger partial charge < -0.3 is 14.5 Å². The van der Waals surface area contributed by atoms with Gasteiger partial charge in [-0.05, 0) is 35.9 Å². The molecule has 0 atom stereocenters. The molecule has 0 unspecified atom stereocenters. The SMILES string of the molecule is O=c1ccc2cccc(-n3cc(-c4cccc5cc(Cc6ccc(O)cc6)[nH]c45)nn3)c2o1. The first-order chi connectivity index (χ1) is 16.1. The van der Waals surface area contributed by atoms with E-state index in [-0.39, 0.29) is 5.75 Å². The Bertz CT molecular complexity index is 1680. The molecule has 0 radical (unpaired) electrons. The van der Waals surface area contributed by atoms with Crippen LogP contribution in [0.4, 0.5) is 0 Å². The normalized spacial score (nSPS) is 11.4. The average Bonchev–Trinajstić information content (AvgIpc) is 3.47. The van der Waals surface area contributed by atoms with Crippen LogP contribution in [0.1, 0.15) is 11.3 Å². The number of nitrogens with one attached hydrogen (secondary N) is 1. The van der Waals surface area contributed by atoms with Crippen LogP contribution >= 0.6 is 0 Å². The molecule has 0 aliphatic rings. The highest BCUT2D eigenvalue weighted by atomic mass is 16.4. The molecule has 0 aliphatic carbocycles. The van der Waals surface area contributed by atoms with Gasteiger partial charge in [0.15, 0.2) is 5.58 Å². The minimum atomic E-state index is -0.410. The third-order valence-electron chi connectivity index (χ3n) is 5.69. The quantitative estimate of drug-likeness (QED) is 0.388. The molecule has 3 aromatic heterocycles. The maximum atomic E-state index is 11.8. The highest BCUT2D eigenvalue weighted by molar-refractivity contribution is 5.94. The van der Waals surface area contributed by atoms with Crippen molar-refractivity contribution >= 4 is 21.9 Å². The van der Waals surface area contributed by atoms with Crippen molar-refractivity contribution in [3.8, 4) is 22.7 Å². The summed E-state index contributed by atoms with van der Waals surface area (Å²) in [6.45, 7) is 0. The summed E-state index contributed by atoms with van der Waals surface area (Å²) in [4.78, 5) is 15.3. The number of benzene rings is 3. The Labute approximate surface area is 187 Å². The Morgan fingerprint density at radius 2 is 1.76 bits per heavy atom. The Kier molecular flexibility index (Phi) is 4.33. The van der Waals surface area contributed by atoms with Gasteiger partial charge in [-0.3, -0.25) is 0 Å². The number of aromatic amines is 1. The number of phenols is 1. The van der Waals surface area contributed by atoms with Crippen LogP contribution in [0.3, 0.4) is 0 Å². The van der Waals surface area contributed by atoms with E-state index in [2.05, 4.69) is 27.4 Å². The van der Waals surface area contributed by atoms with E-state index in [0.717, 1.165) is 39.5 Å². The number of H-pyrrole nitrogens is 1. The predicted molar refractivity (Wildman–Crippen MR) is 126 cm³/mol. The van der Waals surface area contributed by atoms with Crippen LogP contribution in [0.5, 0.6) is 5.75 Å². The van der Waals surface area contributed by atoms with Crippen LogP contribution in [-0.4, -0.2) is 25.1 Å². The van der Waals surface area contributed by atoms with Gasteiger partial charge in [0, 0.05) is 34.5 Å². The fourth-order valence-corrected chi connectivity index (χ4v) is 4.12. The lowest BCUT2D eigenvalue weighted by Gasteiger charge is -2.03. The van der Waals surface area contributed by atoms with Crippen molar-refractivity contribution < 1.29 is 9.52 Å². The number of hydrogen-bond donors (Lipinski definition) is 2. The number of fused-ring (bicyclic) bond motifs is 2. The molecule has 3 aromatic carbocycles. The fourth-order valence-electron chi connectivity index (χ4n) is 4.12. The van der Waals surface area contributed by atoms with Crippen LogP contribution in [0.15, 0.2) is 94.3 Å². The number of para-hydroxylation sites is 2. The summed E-state index contributed by atoms with van der Waals surface area (Å²) in [7, 11) is 0. The number of aromatic hydroxyl groups is 1. The highest BCUT2D eigenvalue weighted by Gasteiger charge is 2.14. The summed E-state index contributed by atoms with van der Waals surface area (Å²) in [5, 5.41) is 20.1. The third-order valence-corrected chi connectivity index (χ3v) is 5.69. The molecule has 0 bridgehead atoms. The Hall–Kier alpha value is -4.65. The van der Waals surface area contributed by atoms with Crippen molar-refractivity contribution in [3.63, 3.8) is 0 Å². The zero-order valence-corrected chi connectivity index (χ0v) is 17.4. The van der Waals surface area contributed by atoms with Crippen molar-refractivity contribution in [3.05, 3.63) is 107 Å². The van der Waals surface area contributed by atoms with Gasteiger partial charge in [-0.1, -0.05) is 47.7 Å². The van der Waals surface area contributed by atoms with Gasteiger partial charge in [0.1, 0.15) is 17.1 Å². The Morgan fingerprint density at radius 1 is 0.939 bits per heavy atom. The lowest BCUT2D eigenvalue weighted by atomic mass is 10.1. The number of rotatable bonds is 4. The van der Waals surface area contributed by atoms with Crippen molar-refractivity contribution in [1.29, 1.82) is 0 Å². The van der Waals surface area contributed by atoms with Gasteiger partial charge in [-0.25, -0.2) is 9.48 Å². The zero-order chi connectivity index (χ0) is 22.4. The lowest BCUT2D eigenvalue weighted by molar-refractivity contribution is 0.475. The van der Waals surface area contributed by atoms with E-state index < -0.39 is 5.63 Å². The van der Waals surface area contributed by atoms with E-state index in [9.17, 15) is 9.90 Å². The standard InChI is InChI=1S/C26H18N4O3/c31-20-10-7-16(8-11-20)13-19-14-18-4-1-5-21(25(18)27-19)22-15-30(29-28-22)23-6-2-3-17-9-12-24(32)33-26(17)23/h1-12,14-15,27,31H,13H2. The first-order valence-electron chi connectivity index (χ1n) is 10.5. The molecule has 0 amide bonds. The number of phenolic OH excluding ortho intramolecular Hbond substituents is 1. The molecule has 3 heterocycles. The molecule has 0 spiro atoms. The Morgan fingerprint density at radius 3 is 2.64 bits per heavy atom. The first kappa shape index (κ1) is 19.1. The van der Waals surface area contributed by atoms with Crippen molar-refractivity contribution in [2.45, 2.75) is 6.42 Å². The van der Waals surface area contributed by atoms with E-state index in [1.54, 1.807) is 22.9 Å². The summed E-state index contributed by atoms with van der Waals surface area (Å²) < 4.78 is 7.06. The molecular weight excluding hydrogens is 416 g/mol. The molecule has 7 heteroatoms. The molecule has 7 nitrogen and oxygen atoms in total. The van der Waals surface area contributed by atoms with Gasteiger partial charge in [-0.15, -0.1) is 5.10 Å². The maximum Gasteiger partial charge on any atom is 0.336 e. The van der Waals surface area contributed by atoms with Crippen molar-refractivity contribution in [2.24, 2.45) is 0 Å². The van der Waals surface area contributed by atoms with Gasteiger partial charge >= 0.3 is 5.63 Å². The van der Waals surface area contributed by atoms with Crippen LogP contribution in [0.25, 0.3) is 38.8 Å². The molecule has 0 fully saturated rings. The summed E-state index contributed by atoms with van der Waals surface area (Å²) in [5.74, 6) is 0.256. The molecule has 0 saturated heterocycles. The van der Waals surface area contributed by atoms with Crippen molar-refractivity contribution in [2.75, 3.05) is 0 Å². The van der Waals surface area contributed by atoms with Crippen molar-refractivity contribution in [1.82, 2.24) is 20.0 Å². The predicted octanol–water partition coefficient (Wildman–Crippen LogP) is 4.82. The van der Waals surface area contributed by atoms with E-state index >= 15 is 0 Å². The molecule has 2 N–H and O–H groups in total. The second-order valence-corrected chi connectivity index (χ2v) is 7.91. The van der Waals surface area contributed by atoms with E-state index in [1.807, 2.05) is 48.7 Å². The fraction of sp³-hybridized carbons (Fsp3) is 0.0385. The number of nitrogens with zero attached hydrogens (tertiary/aromatic N) is 3. The summed E-state index contributed by atoms with van der Waals surface area (Å²) in [5.41, 5.74) is 5.48. The zero-order valence-electron chi connectivity index (χ0n) is 17.4. The Balaban J connectivity index is 1.40. The average molecular weight is 434 g/mol. The first-order valence-corrected chi connectivity index (χ1v) is 10.5. The summed E-state index contributed by atoms with van der Waals surface area (Å²) in [6.07, 6.45) is 2.55. The van der Waals surface area contributed by atoms with E-state index in [0.29, 0.717) is 17.0 Å². The molecule has 6 rings (SSSR count). The van der Waals surface area contributed by atoms with Crippen LogP contribution in [0.2, 0.25) is 0 Å². The van der Waals surface area contributed by atoms with Gasteiger partial charge in [0.2, 0.25) is 0 Å². The molecule has 6 aromatic rings. The second kappa shape index (κ2) is 7.49. The largest absolute Gasteiger partial charge is 0.508 e. The smallest absolute Gasteiger partial charge is 0.336 e. The third kappa shape index (κ3) is 3.45. The van der Waals surface area contributed by atoms with E-state index in [1.165, 1.54) is 6.07 Å². The monoisotopic (exact) mass is 434 g/mol. The topological polar surface area (TPSA) is 96.9 Å². The molecule has 0 saturated carbocycles. The maximum absolute atomic E-state index is 11.8. The molecule has 160 valence electrons. The van der Waals surface area contributed by atoms with Crippen LogP contribution < -0.4 is 5.63 Å². The minimum absolute atomic E-state index is 0.256. The van der Waals surface area contributed by atoms with Gasteiger partial charge in [-0.2, -0.15) is 0 Å². The molecule has 0 aliphatic heterocycles. The molecular formula is C26H18N4O3. The van der Waals surface area contributed by atoms with Gasteiger partial charge in [0.05, 0.1) is 11.7 Å². The van der Waals surface area contributed by atoms with Crippen LogP contribution in [-0.2, 0) is 6.42 Å². The van der Waals surface area contributed by atoms with E-state index in [4.69, 9.17) is 4.42 Å². The minimum Gasteiger partial charge on any atom is -0.508 e. The second-order valence-electron chi connectivity index (χ2n) is 7.91. The van der Waals surface area contributed by atoms with Gasteiger partial charge in [0.25, 0.3) is 0 Å².